The SMILES string of the molecule is CCN(C(=O)C1=COCCO1)C1CCNCC1. The zero-order chi connectivity index (χ0) is 12.1. The van der Waals surface area contributed by atoms with Crippen molar-refractivity contribution < 1.29 is 14.3 Å². The van der Waals surface area contributed by atoms with Gasteiger partial charge in [-0.05, 0) is 32.9 Å². The molecular formula is C12H20N2O3. The number of nitrogens with one attached hydrogen (secondary N) is 1. The topological polar surface area (TPSA) is 50.8 Å². The first-order valence-electron chi connectivity index (χ1n) is 6.29. The summed E-state index contributed by atoms with van der Waals surface area (Å²) in [6.07, 6.45) is 3.46. The predicted octanol–water partition coefficient (Wildman–Crippen LogP) is 0.475. The number of hydrogen-bond donors (Lipinski definition) is 1. The van der Waals surface area contributed by atoms with Gasteiger partial charge in [0.25, 0.3) is 5.91 Å². The van der Waals surface area contributed by atoms with Gasteiger partial charge in [0, 0.05) is 12.6 Å². The van der Waals surface area contributed by atoms with Crippen molar-refractivity contribution in [3.63, 3.8) is 0 Å². The van der Waals surface area contributed by atoms with E-state index in [-0.39, 0.29) is 5.91 Å². The smallest absolute Gasteiger partial charge is 0.292 e. The zero-order valence-corrected chi connectivity index (χ0v) is 10.3. The van der Waals surface area contributed by atoms with E-state index in [1.54, 1.807) is 0 Å². The summed E-state index contributed by atoms with van der Waals surface area (Å²) >= 11 is 0. The zero-order valence-electron chi connectivity index (χ0n) is 10.3. The van der Waals surface area contributed by atoms with Gasteiger partial charge in [0.2, 0.25) is 5.76 Å². The number of ether oxygens (including phenoxy) is 2. The molecule has 1 amide bonds. The Balaban J connectivity index is 2.01. The second kappa shape index (κ2) is 5.91. The van der Waals surface area contributed by atoms with Crippen LogP contribution in [0.15, 0.2) is 12.0 Å². The molecule has 0 aliphatic carbocycles. The summed E-state index contributed by atoms with van der Waals surface area (Å²) in [6, 6.07) is 0.320. The minimum absolute atomic E-state index is 0.0425. The molecular weight excluding hydrogens is 220 g/mol. The molecule has 0 aromatic rings. The highest BCUT2D eigenvalue weighted by Gasteiger charge is 2.28. The summed E-state index contributed by atoms with van der Waals surface area (Å²) < 4.78 is 10.5. The summed E-state index contributed by atoms with van der Waals surface area (Å²) in [7, 11) is 0. The maximum Gasteiger partial charge on any atom is 0.292 e. The molecule has 0 spiro atoms. The van der Waals surface area contributed by atoms with E-state index in [1.807, 2.05) is 11.8 Å². The van der Waals surface area contributed by atoms with Gasteiger partial charge in [-0.3, -0.25) is 4.79 Å². The average molecular weight is 240 g/mol. The van der Waals surface area contributed by atoms with Gasteiger partial charge in [-0.1, -0.05) is 0 Å². The molecule has 5 heteroatoms. The molecule has 2 heterocycles. The summed E-state index contributed by atoms with van der Waals surface area (Å²) in [4.78, 5) is 14.2. The molecule has 5 nitrogen and oxygen atoms in total. The highest BCUT2D eigenvalue weighted by Crippen LogP contribution is 2.16. The third-order valence-electron chi connectivity index (χ3n) is 3.21. The Morgan fingerprint density at radius 2 is 2.24 bits per heavy atom. The van der Waals surface area contributed by atoms with Crippen molar-refractivity contribution in [1.82, 2.24) is 10.2 Å². The fraction of sp³-hybridized carbons (Fsp3) is 0.750. The van der Waals surface area contributed by atoms with E-state index in [0.29, 0.717) is 31.6 Å². The summed E-state index contributed by atoms with van der Waals surface area (Å²) in [5.41, 5.74) is 0. The van der Waals surface area contributed by atoms with Crippen molar-refractivity contribution in [3.8, 4) is 0 Å². The minimum atomic E-state index is -0.0425. The highest BCUT2D eigenvalue weighted by molar-refractivity contribution is 5.91. The number of rotatable bonds is 3. The van der Waals surface area contributed by atoms with E-state index in [0.717, 1.165) is 25.9 Å². The van der Waals surface area contributed by atoms with E-state index in [9.17, 15) is 4.79 Å². The molecule has 0 atom stereocenters. The van der Waals surface area contributed by atoms with Crippen molar-refractivity contribution >= 4 is 5.91 Å². The van der Waals surface area contributed by atoms with Crippen LogP contribution in [-0.4, -0.2) is 49.7 Å². The van der Waals surface area contributed by atoms with Gasteiger partial charge in [-0.25, -0.2) is 0 Å². The fourth-order valence-electron chi connectivity index (χ4n) is 2.31. The van der Waals surface area contributed by atoms with Gasteiger partial charge in [-0.15, -0.1) is 0 Å². The average Bonchev–Trinajstić information content (AvgIpc) is 2.42. The molecule has 0 aromatic carbocycles. The number of likely N-dealkylation sites (N-methyl/N-ethyl adjacent to an activating group) is 1. The quantitative estimate of drug-likeness (QED) is 0.779. The lowest BCUT2D eigenvalue weighted by atomic mass is 10.0. The van der Waals surface area contributed by atoms with Crippen LogP contribution in [-0.2, 0) is 14.3 Å². The Bertz CT molecular complexity index is 298. The molecule has 0 radical (unpaired) electrons. The van der Waals surface area contributed by atoms with Crippen LogP contribution in [0.2, 0.25) is 0 Å². The van der Waals surface area contributed by atoms with Gasteiger partial charge in [0.05, 0.1) is 0 Å². The Morgan fingerprint density at radius 3 is 2.82 bits per heavy atom. The lowest BCUT2D eigenvalue weighted by molar-refractivity contribution is -0.134. The monoisotopic (exact) mass is 240 g/mol. The largest absolute Gasteiger partial charge is 0.494 e. The Labute approximate surface area is 102 Å². The number of piperidine rings is 1. The molecule has 17 heavy (non-hydrogen) atoms. The van der Waals surface area contributed by atoms with E-state index in [4.69, 9.17) is 9.47 Å². The highest BCUT2D eigenvalue weighted by atomic mass is 16.6. The molecule has 2 aliphatic heterocycles. The molecule has 96 valence electrons. The van der Waals surface area contributed by atoms with Crippen molar-refractivity contribution in [3.05, 3.63) is 12.0 Å². The van der Waals surface area contributed by atoms with Crippen LogP contribution < -0.4 is 5.32 Å². The Hall–Kier alpha value is -1.23. The maximum atomic E-state index is 12.3. The van der Waals surface area contributed by atoms with Gasteiger partial charge < -0.3 is 19.7 Å². The maximum absolute atomic E-state index is 12.3. The van der Waals surface area contributed by atoms with Crippen molar-refractivity contribution in [2.75, 3.05) is 32.8 Å². The number of nitrogens with zero attached hydrogens (tertiary/aromatic N) is 1. The summed E-state index contributed by atoms with van der Waals surface area (Å²) in [6.45, 7) is 5.65. The molecule has 1 N–H and O–H groups in total. The van der Waals surface area contributed by atoms with Gasteiger partial charge >= 0.3 is 0 Å². The van der Waals surface area contributed by atoms with Gasteiger partial charge in [-0.2, -0.15) is 0 Å². The van der Waals surface area contributed by atoms with Crippen LogP contribution in [0.25, 0.3) is 0 Å². The molecule has 0 saturated carbocycles. The lowest BCUT2D eigenvalue weighted by Gasteiger charge is -2.34. The predicted molar refractivity (Wildman–Crippen MR) is 63.3 cm³/mol. The number of carbonyl (C=O) groups excluding carboxylic acids is 1. The Kier molecular flexibility index (Phi) is 4.25. The third-order valence-corrected chi connectivity index (χ3v) is 3.21. The van der Waals surface area contributed by atoms with Crippen LogP contribution in [0.1, 0.15) is 19.8 Å². The second-order valence-corrected chi connectivity index (χ2v) is 4.27. The standard InChI is InChI=1S/C12H20N2O3/c1-2-14(10-3-5-13-6-4-10)12(15)11-9-16-7-8-17-11/h9-10,13H,2-8H2,1H3. The van der Waals surface area contributed by atoms with Crippen LogP contribution in [0.4, 0.5) is 0 Å². The summed E-state index contributed by atoms with van der Waals surface area (Å²) in [5.74, 6) is 0.302. The van der Waals surface area contributed by atoms with Crippen LogP contribution in [0.5, 0.6) is 0 Å². The number of amides is 1. The van der Waals surface area contributed by atoms with Crippen molar-refractivity contribution in [2.24, 2.45) is 0 Å². The lowest BCUT2D eigenvalue weighted by Crippen LogP contribution is -2.47. The fourth-order valence-corrected chi connectivity index (χ4v) is 2.31. The number of hydrogen-bond acceptors (Lipinski definition) is 4. The van der Waals surface area contributed by atoms with Crippen LogP contribution >= 0.6 is 0 Å². The first-order valence-corrected chi connectivity index (χ1v) is 6.29. The molecule has 2 aliphatic rings. The van der Waals surface area contributed by atoms with E-state index in [2.05, 4.69) is 5.32 Å². The molecule has 1 fully saturated rings. The van der Waals surface area contributed by atoms with Crippen LogP contribution in [0.3, 0.4) is 0 Å². The van der Waals surface area contributed by atoms with Gasteiger partial charge in [0.1, 0.15) is 19.5 Å². The second-order valence-electron chi connectivity index (χ2n) is 4.27. The molecule has 0 aromatic heterocycles. The van der Waals surface area contributed by atoms with Gasteiger partial charge in [0.15, 0.2) is 0 Å². The molecule has 0 unspecified atom stereocenters. The third kappa shape index (κ3) is 2.91. The number of carbonyl (C=O) groups is 1. The first-order chi connectivity index (χ1) is 8.33. The molecule has 0 bridgehead atoms. The minimum Gasteiger partial charge on any atom is -0.494 e. The van der Waals surface area contributed by atoms with Crippen molar-refractivity contribution in [2.45, 2.75) is 25.8 Å². The Morgan fingerprint density at radius 1 is 1.47 bits per heavy atom. The van der Waals surface area contributed by atoms with E-state index < -0.39 is 0 Å². The van der Waals surface area contributed by atoms with Crippen LogP contribution in [0, 0.1) is 0 Å². The molecule has 2 rings (SSSR count). The van der Waals surface area contributed by atoms with Crippen molar-refractivity contribution in [1.29, 1.82) is 0 Å². The summed E-state index contributed by atoms with van der Waals surface area (Å²) in [5, 5.41) is 3.30. The first kappa shape index (κ1) is 12.2. The van der Waals surface area contributed by atoms with E-state index in [1.165, 1.54) is 6.26 Å². The van der Waals surface area contributed by atoms with E-state index >= 15 is 0 Å². The molecule has 1 saturated heterocycles. The normalized spacial score (nSPS) is 21.1.